The molecule has 0 bridgehead atoms. The van der Waals surface area contributed by atoms with Crippen LogP contribution in [0, 0.1) is 5.82 Å². The maximum absolute atomic E-state index is 13.2. The fraction of sp³-hybridized carbons (Fsp3) is 0.0833. The van der Waals surface area contributed by atoms with Gasteiger partial charge in [0.25, 0.3) is 0 Å². The van der Waals surface area contributed by atoms with Crippen LogP contribution in [0.25, 0.3) is 0 Å². The lowest BCUT2D eigenvalue weighted by molar-refractivity contribution is 0.387. The SMILES string of the molecule is COc1cc(Nc2ncc(N)cc2Cl)ccc1F. The zero-order chi connectivity index (χ0) is 13.1. The van der Waals surface area contributed by atoms with Crippen molar-refractivity contribution in [3.05, 3.63) is 41.3 Å². The van der Waals surface area contributed by atoms with Gasteiger partial charge < -0.3 is 15.8 Å². The molecule has 94 valence electrons. The molecule has 1 heterocycles. The lowest BCUT2D eigenvalue weighted by Crippen LogP contribution is -1.97. The van der Waals surface area contributed by atoms with Crippen LogP contribution in [0.4, 0.5) is 21.6 Å². The topological polar surface area (TPSA) is 60.2 Å². The second kappa shape index (κ2) is 5.10. The molecule has 0 atom stereocenters. The van der Waals surface area contributed by atoms with Gasteiger partial charge in [0, 0.05) is 11.8 Å². The first-order valence-electron chi connectivity index (χ1n) is 5.11. The summed E-state index contributed by atoms with van der Waals surface area (Å²) in [6, 6.07) is 5.96. The minimum Gasteiger partial charge on any atom is -0.494 e. The van der Waals surface area contributed by atoms with Crippen molar-refractivity contribution in [1.82, 2.24) is 4.98 Å². The third kappa shape index (κ3) is 2.62. The fourth-order valence-corrected chi connectivity index (χ4v) is 1.64. The average Bonchev–Trinajstić information content (AvgIpc) is 2.35. The Kier molecular flexibility index (Phi) is 3.53. The van der Waals surface area contributed by atoms with Crippen molar-refractivity contribution < 1.29 is 9.13 Å². The number of nitrogens with zero attached hydrogens (tertiary/aromatic N) is 1. The molecule has 2 rings (SSSR count). The highest BCUT2D eigenvalue weighted by Crippen LogP contribution is 2.27. The molecule has 0 spiro atoms. The van der Waals surface area contributed by atoms with E-state index >= 15 is 0 Å². The number of nitrogens with one attached hydrogen (secondary N) is 1. The minimum absolute atomic E-state index is 0.145. The second-order valence-electron chi connectivity index (χ2n) is 3.57. The maximum Gasteiger partial charge on any atom is 0.165 e. The number of methoxy groups -OCH3 is 1. The monoisotopic (exact) mass is 267 g/mol. The second-order valence-corrected chi connectivity index (χ2v) is 3.98. The molecule has 0 saturated heterocycles. The van der Waals surface area contributed by atoms with Crippen molar-refractivity contribution in [1.29, 1.82) is 0 Å². The Labute approximate surface area is 109 Å². The highest BCUT2D eigenvalue weighted by molar-refractivity contribution is 6.33. The maximum atomic E-state index is 13.2. The first-order valence-corrected chi connectivity index (χ1v) is 5.49. The summed E-state index contributed by atoms with van der Waals surface area (Å²) in [5, 5.41) is 3.34. The van der Waals surface area contributed by atoms with Gasteiger partial charge in [-0.15, -0.1) is 0 Å². The van der Waals surface area contributed by atoms with Crippen LogP contribution in [-0.2, 0) is 0 Å². The van der Waals surface area contributed by atoms with Crippen LogP contribution in [0.5, 0.6) is 5.75 Å². The van der Waals surface area contributed by atoms with Gasteiger partial charge in [-0.05, 0) is 18.2 Å². The number of pyridine rings is 1. The van der Waals surface area contributed by atoms with Crippen LogP contribution < -0.4 is 15.8 Å². The summed E-state index contributed by atoms with van der Waals surface area (Å²) in [5.41, 5.74) is 6.63. The molecule has 0 aliphatic heterocycles. The standard InChI is InChI=1S/C12H11ClFN3O/c1-18-11-5-8(2-3-10(11)14)17-12-9(13)4-7(15)6-16-12/h2-6H,15H2,1H3,(H,16,17). The van der Waals surface area contributed by atoms with Crippen molar-refractivity contribution in [3.8, 4) is 5.75 Å². The molecule has 0 aliphatic carbocycles. The Morgan fingerprint density at radius 1 is 1.39 bits per heavy atom. The summed E-state index contributed by atoms with van der Waals surface area (Å²) in [5.74, 6) is 0.158. The predicted octanol–water partition coefficient (Wildman–Crippen LogP) is 3.21. The number of rotatable bonds is 3. The molecule has 18 heavy (non-hydrogen) atoms. The van der Waals surface area contributed by atoms with Crippen molar-refractivity contribution in [2.75, 3.05) is 18.2 Å². The predicted molar refractivity (Wildman–Crippen MR) is 69.9 cm³/mol. The number of halogens is 2. The van der Waals surface area contributed by atoms with E-state index in [2.05, 4.69) is 10.3 Å². The van der Waals surface area contributed by atoms with Crippen LogP contribution in [0.2, 0.25) is 5.02 Å². The Balaban J connectivity index is 2.28. The molecular formula is C12H11ClFN3O. The quantitative estimate of drug-likeness (QED) is 0.896. The van der Waals surface area contributed by atoms with Crippen molar-refractivity contribution >= 4 is 28.8 Å². The molecule has 1 aromatic carbocycles. The Morgan fingerprint density at radius 3 is 2.83 bits per heavy atom. The first kappa shape index (κ1) is 12.4. The zero-order valence-corrected chi connectivity index (χ0v) is 10.3. The van der Waals surface area contributed by atoms with Gasteiger partial charge in [0.2, 0.25) is 0 Å². The number of benzene rings is 1. The lowest BCUT2D eigenvalue weighted by atomic mass is 10.3. The first-order chi connectivity index (χ1) is 8.60. The van der Waals surface area contributed by atoms with E-state index in [1.807, 2.05) is 0 Å². The number of hydrogen-bond acceptors (Lipinski definition) is 4. The highest BCUT2D eigenvalue weighted by atomic mass is 35.5. The van der Waals surface area contributed by atoms with E-state index in [1.54, 1.807) is 12.1 Å². The number of hydrogen-bond donors (Lipinski definition) is 2. The van der Waals surface area contributed by atoms with E-state index in [1.165, 1.54) is 25.4 Å². The molecular weight excluding hydrogens is 257 g/mol. The molecule has 1 aromatic heterocycles. The number of nitrogen functional groups attached to an aromatic ring is 1. The molecule has 3 N–H and O–H groups in total. The van der Waals surface area contributed by atoms with E-state index in [-0.39, 0.29) is 5.75 Å². The molecule has 0 aliphatic rings. The van der Waals surface area contributed by atoms with Crippen molar-refractivity contribution in [2.24, 2.45) is 0 Å². The van der Waals surface area contributed by atoms with Crippen LogP contribution in [0.1, 0.15) is 0 Å². The van der Waals surface area contributed by atoms with Crippen molar-refractivity contribution in [3.63, 3.8) is 0 Å². The number of anilines is 3. The van der Waals surface area contributed by atoms with E-state index in [0.717, 1.165) is 0 Å². The molecule has 6 heteroatoms. The van der Waals surface area contributed by atoms with Crippen molar-refractivity contribution in [2.45, 2.75) is 0 Å². The van der Waals surface area contributed by atoms with Crippen LogP contribution >= 0.6 is 11.6 Å². The van der Waals surface area contributed by atoms with E-state index in [4.69, 9.17) is 22.1 Å². The van der Waals surface area contributed by atoms with Gasteiger partial charge in [-0.25, -0.2) is 9.37 Å². The van der Waals surface area contributed by atoms with E-state index in [0.29, 0.717) is 22.2 Å². The normalized spacial score (nSPS) is 10.2. The number of nitrogens with two attached hydrogens (primary N) is 1. The number of ether oxygens (including phenoxy) is 1. The van der Waals surface area contributed by atoms with Crippen LogP contribution in [-0.4, -0.2) is 12.1 Å². The van der Waals surface area contributed by atoms with Gasteiger partial charge in [-0.3, -0.25) is 0 Å². The molecule has 0 unspecified atom stereocenters. The third-order valence-electron chi connectivity index (χ3n) is 2.28. The summed E-state index contributed by atoms with van der Waals surface area (Å²) in [4.78, 5) is 4.05. The fourth-order valence-electron chi connectivity index (χ4n) is 1.42. The van der Waals surface area contributed by atoms with Crippen LogP contribution in [0.3, 0.4) is 0 Å². The van der Waals surface area contributed by atoms with E-state index in [9.17, 15) is 4.39 Å². The van der Waals surface area contributed by atoms with Gasteiger partial charge >= 0.3 is 0 Å². The molecule has 0 fully saturated rings. The highest BCUT2D eigenvalue weighted by Gasteiger charge is 2.06. The smallest absolute Gasteiger partial charge is 0.165 e. The van der Waals surface area contributed by atoms with Gasteiger partial charge in [0.15, 0.2) is 11.6 Å². The van der Waals surface area contributed by atoms with Gasteiger partial charge in [-0.2, -0.15) is 0 Å². The molecule has 0 saturated carbocycles. The largest absolute Gasteiger partial charge is 0.494 e. The van der Waals surface area contributed by atoms with Gasteiger partial charge in [-0.1, -0.05) is 11.6 Å². The summed E-state index contributed by atoms with van der Waals surface area (Å²) >= 11 is 5.97. The summed E-state index contributed by atoms with van der Waals surface area (Å²) in [6.45, 7) is 0. The summed E-state index contributed by atoms with van der Waals surface area (Å²) in [7, 11) is 1.40. The van der Waals surface area contributed by atoms with Gasteiger partial charge in [0.05, 0.1) is 24.0 Å². The average molecular weight is 268 g/mol. The molecule has 0 amide bonds. The lowest BCUT2D eigenvalue weighted by Gasteiger charge is -2.09. The number of aromatic nitrogens is 1. The Hall–Kier alpha value is -2.01. The third-order valence-corrected chi connectivity index (χ3v) is 2.56. The zero-order valence-electron chi connectivity index (χ0n) is 9.58. The Morgan fingerprint density at radius 2 is 2.17 bits per heavy atom. The van der Waals surface area contributed by atoms with E-state index < -0.39 is 5.82 Å². The summed E-state index contributed by atoms with van der Waals surface area (Å²) < 4.78 is 18.1. The molecule has 2 aromatic rings. The van der Waals surface area contributed by atoms with Crippen LogP contribution in [0.15, 0.2) is 30.5 Å². The Bertz CT molecular complexity index is 577. The van der Waals surface area contributed by atoms with Gasteiger partial charge in [0.1, 0.15) is 5.82 Å². The molecule has 0 radical (unpaired) electrons. The molecule has 4 nitrogen and oxygen atoms in total. The summed E-state index contributed by atoms with van der Waals surface area (Å²) in [6.07, 6.45) is 1.48. The minimum atomic E-state index is -0.431.